The number of ether oxygens (including phenoxy) is 2. The third-order valence-electron chi connectivity index (χ3n) is 3.99. The average molecular weight is 346 g/mol. The molecule has 1 amide bonds. The summed E-state index contributed by atoms with van der Waals surface area (Å²) in [5.41, 5.74) is 1.88. The Morgan fingerprint density at radius 2 is 2.04 bits per heavy atom. The molecule has 0 fully saturated rings. The Bertz CT molecular complexity index is 732. The summed E-state index contributed by atoms with van der Waals surface area (Å²) in [5.74, 6) is 1.58. The molecule has 3 rings (SSSR count). The molecule has 0 spiro atoms. The molecule has 1 aliphatic rings. The van der Waals surface area contributed by atoms with Crippen LogP contribution in [-0.4, -0.2) is 25.7 Å². The van der Waals surface area contributed by atoms with Crippen molar-refractivity contribution in [3.63, 3.8) is 0 Å². The topological polar surface area (TPSA) is 38.8 Å². The Morgan fingerprint density at radius 1 is 1.21 bits per heavy atom. The van der Waals surface area contributed by atoms with Crippen molar-refractivity contribution in [2.24, 2.45) is 0 Å². The molecule has 0 radical (unpaired) electrons. The number of unbranched alkanes of at least 4 members (excludes halogenated alkanes) is 1. The fraction of sp³-hybridized carbons (Fsp3) is 0.316. The van der Waals surface area contributed by atoms with Crippen LogP contribution in [0, 0.1) is 6.92 Å². The van der Waals surface area contributed by atoms with Gasteiger partial charge in [0.25, 0.3) is 5.91 Å². The van der Waals surface area contributed by atoms with E-state index in [1.165, 1.54) is 0 Å². The highest BCUT2D eigenvalue weighted by molar-refractivity contribution is 6.31. The average Bonchev–Trinajstić information content (AvgIpc) is 2.58. The van der Waals surface area contributed by atoms with Crippen molar-refractivity contribution < 1.29 is 14.3 Å². The molecule has 1 aliphatic heterocycles. The minimum atomic E-state index is -0.0374. The minimum absolute atomic E-state index is 0.0374. The van der Waals surface area contributed by atoms with Gasteiger partial charge in [-0.25, -0.2) is 0 Å². The van der Waals surface area contributed by atoms with Gasteiger partial charge in [-0.3, -0.25) is 4.79 Å². The maximum absolute atomic E-state index is 12.1. The van der Waals surface area contributed by atoms with Crippen molar-refractivity contribution in [2.45, 2.75) is 19.8 Å². The molecule has 0 unspecified atom stereocenters. The minimum Gasteiger partial charge on any atom is -0.493 e. The molecule has 1 heterocycles. The molecule has 2 aromatic carbocycles. The number of anilines is 1. The number of hydrogen-bond donors (Lipinski definition) is 0. The number of halogens is 1. The van der Waals surface area contributed by atoms with Crippen molar-refractivity contribution in [3.05, 3.63) is 53.1 Å². The molecule has 0 bridgehead atoms. The third-order valence-corrected chi connectivity index (χ3v) is 4.23. The number of carbonyl (C=O) groups is 1. The van der Waals surface area contributed by atoms with Gasteiger partial charge >= 0.3 is 0 Å². The molecule has 0 saturated carbocycles. The lowest BCUT2D eigenvalue weighted by molar-refractivity contribution is -0.121. The quantitative estimate of drug-likeness (QED) is 0.735. The van der Waals surface area contributed by atoms with Crippen molar-refractivity contribution >= 4 is 23.2 Å². The van der Waals surface area contributed by atoms with E-state index in [4.69, 9.17) is 21.1 Å². The number of aryl methyl sites for hydroxylation is 1. The van der Waals surface area contributed by atoms with Gasteiger partial charge in [0.2, 0.25) is 0 Å². The molecule has 2 aromatic rings. The second kappa shape index (κ2) is 7.58. The van der Waals surface area contributed by atoms with E-state index >= 15 is 0 Å². The second-order valence-electron chi connectivity index (χ2n) is 5.77. The molecular weight excluding hydrogens is 326 g/mol. The summed E-state index contributed by atoms with van der Waals surface area (Å²) in [6, 6.07) is 13.3. The van der Waals surface area contributed by atoms with Gasteiger partial charge in [0.1, 0.15) is 11.5 Å². The van der Waals surface area contributed by atoms with Crippen LogP contribution in [0.4, 0.5) is 5.69 Å². The molecule has 4 nitrogen and oxygen atoms in total. The lowest BCUT2D eigenvalue weighted by atomic mass is 10.2. The van der Waals surface area contributed by atoms with Crippen molar-refractivity contribution in [3.8, 4) is 11.5 Å². The van der Waals surface area contributed by atoms with Gasteiger partial charge in [0.15, 0.2) is 6.61 Å². The van der Waals surface area contributed by atoms with E-state index in [-0.39, 0.29) is 12.5 Å². The standard InChI is InChI=1S/C19H20ClNO3/c1-14-6-2-3-7-17(14)23-11-5-4-10-21-16-12-15(20)8-9-18(16)24-13-19(21)22/h2-3,6-9,12H,4-5,10-11,13H2,1H3. The predicted molar refractivity (Wildman–Crippen MR) is 95.2 cm³/mol. The highest BCUT2D eigenvalue weighted by Crippen LogP contribution is 2.34. The summed E-state index contributed by atoms with van der Waals surface area (Å²) in [5, 5.41) is 0.597. The highest BCUT2D eigenvalue weighted by Gasteiger charge is 2.25. The number of para-hydroxylation sites is 1. The Kier molecular flexibility index (Phi) is 5.26. The van der Waals surface area contributed by atoms with Crippen LogP contribution in [-0.2, 0) is 4.79 Å². The van der Waals surface area contributed by atoms with Crippen molar-refractivity contribution in [2.75, 3.05) is 24.7 Å². The molecule has 0 saturated heterocycles. The van der Waals surface area contributed by atoms with Gasteiger partial charge in [-0.1, -0.05) is 29.8 Å². The zero-order valence-corrected chi connectivity index (χ0v) is 14.4. The molecule has 0 N–H and O–H groups in total. The molecule has 5 heteroatoms. The zero-order valence-electron chi connectivity index (χ0n) is 13.6. The molecular formula is C19H20ClNO3. The van der Waals surface area contributed by atoms with Crippen LogP contribution in [0.2, 0.25) is 5.02 Å². The van der Waals surface area contributed by atoms with E-state index in [1.807, 2.05) is 31.2 Å². The summed E-state index contributed by atoms with van der Waals surface area (Å²) in [4.78, 5) is 13.9. The van der Waals surface area contributed by atoms with Crippen LogP contribution < -0.4 is 14.4 Å². The van der Waals surface area contributed by atoms with Gasteiger partial charge in [-0.15, -0.1) is 0 Å². The van der Waals surface area contributed by atoms with Crippen LogP contribution in [0.5, 0.6) is 11.5 Å². The summed E-state index contributed by atoms with van der Waals surface area (Å²) in [6.07, 6.45) is 1.72. The van der Waals surface area contributed by atoms with Crippen molar-refractivity contribution in [1.29, 1.82) is 0 Å². The number of nitrogens with zero attached hydrogens (tertiary/aromatic N) is 1. The van der Waals surface area contributed by atoms with Gasteiger partial charge in [0, 0.05) is 11.6 Å². The predicted octanol–water partition coefficient (Wildman–Crippen LogP) is 4.23. The summed E-state index contributed by atoms with van der Waals surface area (Å²) < 4.78 is 11.2. The Hall–Kier alpha value is -2.20. The monoisotopic (exact) mass is 345 g/mol. The van der Waals surface area contributed by atoms with Crippen LogP contribution in [0.15, 0.2) is 42.5 Å². The molecule has 0 aromatic heterocycles. The lowest BCUT2D eigenvalue weighted by Crippen LogP contribution is -2.39. The second-order valence-corrected chi connectivity index (χ2v) is 6.20. The summed E-state index contributed by atoms with van der Waals surface area (Å²) in [6.45, 7) is 3.37. The number of benzene rings is 2. The zero-order chi connectivity index (χ0) is 16.9. The maximum Gasteiger partial charge on any atom is 0.265 e. The fourth-order valence-corrected chi connectivity index (χ4v) is 2.86. The lowest BCUT2D eigenvalue weighted by Gasteiger charge is -2.29. The number of rotatable bonds is 6. The first-order valence-corrected chi connectivity index (χ1v) is 8.44. The van der Waals surface area contributed by atoms with E-state index < -0.39 is 0 Å². The van der Waals surface area contributed by atoms with E-state index in [9.17, 15) is 4.79 Å². The van der Waals surface area contributed by atoms with Crippen LogP contribution >= 0.6 is 11.6 Å². The fourth-order valence-electron chi connectivity index (χ4n) is 2.69. The van der Waals surface area contributed by atoms with E-state index in [2.05, 4.69) is 0 Å². The van der Waals surface area contributed by atoms with Crippen LogP contribution in [0.1, 0.15) is 18.4 Å². The number of hydrogen-bond acceptors (Lipinski definition) is 3. The first-order valence-electron chi connectivity index (χ1n) is 8.06. The van der Waals surface area contributed by atoms with E-state index in [0.29, 0.717) is 23.9 Å². The summed E-state index contributed by atoms with van der Waals surface area (Å²) in [7, 11) is 0. The highest BCUT2D eigenvalue weighted by atomic mass is 35.5. The Labute approximate surface area is 146 Å². The van der Waals surface area contributed by atoms with E-state index in [0.717, 1.165) is 29.8 Å². The van der Waals surface area contributed by atoms with Gasteiger partial charge < -0.3 is 14.4 Å². The molecule has 0 aliphatic carbocycles. The normalized spacial score (nSPS) is 13.4. The van der Waals surface area contributed by atoms with Gasteiger partial charge in [-0.05, 0) is 49.6 Å². The van der Waals surface area contributed by atoms with E-state index in [1.54, 1.807) is 23.1 Å². The number of amides is 1. The number of fused-ring (bicyclic) bond motifs is 1. The van der Waals surface area contributed by atoms with Gasteiger partial charge in [0.05, 0.1) is 12.3 Å². The molecule has 126 valence electrons. The van der Waals surface area contributed by atoms with Gasteiger partial charge in [-0.2, -0.15) is 0 Å². The number of carbonyl (C=O) groups excluding carboxylic acids is 1. The smallest absolute Gasteiger partial charge is 0.265 e. The van der Waals surface area contributed by atoms with Crippen molar-refractivity contribution in [1.82, 2.24) is 0 Å². The Balaban J connectivity index is 1.53. The summed E-state index contributed by atoms with van der Waals surface area (Å²) >= 11 is 6.04. The van der Waals surface area contributed by atoms with Crippen LogP contribution in [0.25, 0.3) is 0 Å². The third kappa shape index (κ3) is 3.82. The maximum atomic E-state index is 12.1. The first-order chi connectivity index (χ1) is 11.6. The SMILES string of the molecule is Cc1ccccc1OCCCCN1C(=O)COc2ccc(Cl)cc21. The molecule has 0 atom stereocenters. The molecule has 24 heavy (non-hydrogen) atoms. The Morgan fingerprint density at radius 3 is 2.88 bits per heavy atom. The largest absolute Gasteiger partial charge is 0.493 e. The first kappa shape index (κ1) is 16.7. The van der Waals surface area contributed by atoms with Crippen LogP contribution in [0.3, 0.4) is 0 Å².